The SMILES string of the molecule is CO[C@@H]1/C=C/C=C(\C)Cc2cc(C)c(Cl)c(c2)N(C)C(=O)C[C@H](OC(=O)[C@H](C)N(C)C(=O)c2ccc(N)c(Br)c2)[C@]2(C)O[C@H]2[C@H](C)[C@@H]2C[C@@]1(O)CC(=O)O2. The molecule has 14 heteroatoms. The molecule has 0 radical (unpaired) electrons. The minimum absolute atomic E-state index is 0.0579. The van der Waals surface area contributed by atoms with Crippen LogP contribution in [0.2, 0.25) is 5.02 Å². The summed E-state index contributed by atoms with van der Waals surface area (Å²) in [5, 5.41) is 12.3. The fourth-order valence-corrected chi connectivity index (χ4v) is 7.95. The maximum absolute atomic E-state index is 14.2. The van der Waals surface area contributed by atoms with Crippen LogP contribution in [0.1, 0.15) is 68.4 Å². The molecule has 3 aliphatic rings. The van der Waals surface area contributed by atoms with Gasteiger partial charge >= 0.3 is 11.9 Å². The van der Waals surface area contributed by atoms with Crippen LogP contribution in [0.3, 0.4) is 0 Å². The molecule has 2 saturated heterocycles. The van der Waals surface area contributed by atoms with Gasteiger partial charge in [0.05, 0.1) is 29.7 Å². The standard InChI is InChI=1S/C40H49BrClN3O9/c1-21-10-9-11-31(51-8)40(50)19-30(52-34(47)20-40)23(3)36-39(5,54-36)32(18-33(46)45(7)29-16-25(14-21)15-22(2)35(29)42)53-38(49)24(4)44(6)37(48)26-12-13-28(43)27(41)17-26/h9-13,15-17,23-24,30-32,36,50H,14,18-20,43H2,1-8H3/b11-9+,21-10+/t23-,24+,30+,31-,32+,36+,39+,40-/m1/s1. The summed E-state index contributed by atoms with van der Waals surface area (Å²) >= 11 is 10.1. The molecule has 54 heavy (non-hydrogen) atoms. The second-order valence-electron chi connectivity index (χ2n) is 15.0. The molecule has 12 nitrogen and oxygen atoms in total. The number of epoxide rings is 1. The number of nitrogen functional groups attached to an aromatic ring is 1. The molecular weight excluding hydrogens is 782 g/mol. The Morgan fingerprint density at radius 3 is 2.57 bits per heavy atom. The van der Waals surface area contributed by atoms with E-state index in [1.807, 2.05) is 39.0 Å². The third-order valence-corrected chi connectivity index (χ3v) is 12.1. The van der Waals surface area contributed by atoms with Crippen molar-refractivity contribution in [2.45, 2.75) is 102 Å². The van der Waals surface area contributed by atoms with Crippen molar-refractivity contribution in [1.29, 1.82) is 0 Å². The van der Waals surface area contributed by atoms with E-state index in [0.717, 1.165) is 16.7 Å². The smallest absolute Gasteiger partial charge is 0.328 e. The van der Waals surface area contributed by atoms with Crippen molar-refractivity contribution < 1.29 is 43.2 Å². The summed E-state index contributed by atoms with van der Waals surface area (Å²) in [6, 6.07) is 7.48. The molecule has 0 aliphatic carbocycles. The van der Waals surface area contributed by atoms with Gasteiger partial charge in [0.1, 0.15) is 35.6 Å². The van der Waals surface area contributed by atoms with Crippen LogP contribution in [0.5, 0.6) is 0 Å². The van der Waals surface area contributed by atoms with E-state index in [2.05, 4.69) is 15.9 Å². The van der Waals surface area contributed by atoms with Gasteiger partial charge < -0.3 is 39.6 Å². The summed E-state index contributed by atoms with van der Waals surface area (Å²) in [4.78, 5) is 57.1. The third kappa shape index (κ3) is 8.55. The van der Waals surface area contributed by atoms with Gasteiger partial charge in [0, 0.05) is 49.3 Å². The van der Waals surface area contributed by atoms with E-state index >= 15 is 0 Å². The fourth-order valence-electron chi connectivity index (χ4n) is 7.33. The molecule has 2 aromatic rings. The maximum Gasteiger partial charge on any atom is 0.328 e. The van der Waals surface area contributed by atoms with Crippen molar-refractivity contribution in [2.24, 2.45) is 5.92 Å². The Balaban J connectivity index is 1.51. The first kappa shape index (κ1) is 41.4. The molecule has 3 aliphatic heterocycles. The number of hydrogen-bond donors (Lipinski definition) is 2. The second-order valence-corrected chi connectivity index (χ2v) is 16.2. The van der Waals surface area contributed by atoms with Crippen LogP contribution in [-0.2, 0) is 39.8 Å². The average Bonchev–Trinajstić information content (AvgIpc) is 3.81. The van der Waals surface area contributed by atoms with Crippen LogP contribution >= 0.6 is 27.5 Å². The van der Waals surface area contributed by atoms with Crippen molar-refractivity contribution in [2.75, 3.05) is 31.8 Å². The number of hydrogen-bond acceptors (Lipinski definition) is 10. The van der Waals surface area contributed by atoms with E-state index in [4.69, 9.17) is 36.3 Å². The summed E-state index contributed by atoms with van der Waals surface area (Å²) in [7, 11) is 4.57. The van der Waals surface area contributed by atoms with Crippen LogP contribution in [0, 0.1) is 12.8 Å². The molecule has 5 rings (SSSR count). The lowest BCUT2D eigenvalue weighted by Crippen LogP contribution is -2.53. The Hall–Kier alpha value is -3.75. The number of aryl methyl sites for hydroxylation is 1. The lowest BCUT2D eigenvalue weighted by atomic mass is 9.78. The number of likely N-dealkylation sites (N-methyl/N-ethyl adjacent to an activating group) is 1. The zero-order valence-electron chi connectivity index (χ0n) is 31.9. The summed E-state index contributed by atoms with van der Waals surface area (Å²) < 4.78 is 24.4. The van der Waals surface area contributed by atoms with Gasteiger partial charge in [-0.25, -0.2) is 4.79 Å². The minimum atomic E-state index is -1.57. The lowest BCUT2D eigenvalue weighted by molar-refractivity contribution is -0.187. The molecule has 2 aromatic carbocycles. The topological polar surface area (TPSA) is 161 Å². The van der Waals surface area contributed by atoms with Gasteiger partial charge in [0.2, 0.25) is 5.91 Å². The molecule has 292 valence electrons. The summed E-state index contributed by atoms with van der Waals surface area (Å²) in [6.07, 6.45) is 2.09. The highest BCUT2D eigenvalue weighted by atomic mass is 79.9. The van der Waals surface area contributed by atoms with Crippen molar-refractivity contribution in [3.05, 3.63) is 80.3 Å². The Labute approximate surface area is 329 Å². The molecular formula is C40H49BrClN3O9. The molecule has 2 amide bonds. The van der Waals surface area contributed by atoms with Gasteiger partial charge in [-0.05, 0) is 85.4 Å². The lowest BCUT2D eigenvalue weighted by Gasteiger charge is -2.41. The number of benzene rings is 2. The molecule has 2 fully saturated rings. The predicted octanol–water partition coefficient (Wildman–Crippen LogP) is 5.72. The van der Waals surface area contributed by atoms with E-state index in [1.165, 1.54) is 30.9 Å². The molecule has 0 spiro atoms. The van der Waals surface area contributed by atoms with Crippen molar-refractivity contribution in [1.82, 2.24) is 4.90 Å². The molecule has 4 bridgehead atoms. The van der Waals surface area contributed by atoms with Crippen LogP contribution < -0.4 is 10.6 Å². The number of halogens is 2. The molecule has 3 heterocycles. The van der Waals surface area contributed by atoms with E-state index in [-0.39, 0.29) is 19.3 Å². The monoisotopic (exact) mass is 829 g/mol. The Bertz CT molecular complexity index is 1890. The second kappa shape index (κ2) is 16.2. The largest absolute Gasteiger partial charge is 0.462 e. The highest BCUT2D eigenvalue weighted by molar-refractivity contribution is 9.10. The summed E-state index contributed by atoms with van der Waals surface area (Å²) in [5.74, 6) is -2.68. The number of allylic oxidation sites excluding steroid dienone is 3. The third-order valence-electron chi connectivity index (χ3n) is 11.0. The summed E-state index contributed by atoms with van der Waals surface area (Å²) in [5.41, 5.74) is 7.05. The first-order valence-corrected chi connectivity index (χ1v) is 19.0. The van der Waals surface area contributed by atoms with Gasteiger partial charge in [-0.3, -0.25) is 14.4 Å². The molecule has 0 unspecified atom stereocenters. The number of methoxy groups -OCH3 is 1. The van der Waals surface area contributed by atoms with E-state index in [9.17, 15) is 24.3 Å². The highest BCUT2D eigenvalue weighted by Crippen LogP contribution is 2.49. The number of carbonyl (C=O) groups is 4. The van der Waals surface area contributed by atoms with E-state index in [0.29, 0.717) is 32.9 Å². The van der Waals surface area contributed by atoms with Crippen LogP contribution in [-0.4, -0.2) is 96.6 Å². The number of ether oxygens (including phenoxy) is 4. The number of carbonyl (C=O) groups excluding carboxylic acids is 4. The number of amides is 2. The van der Waals surface area contributed by atoms with Crippen LogP contribution in [0.4, 0.5) is 11.4 Å². The molecule has 3 N–H and O–H groups in total. The Kier molecular flexibility index (Phi) is 12.4. The van der Waals surface area contributed by atoms with Gasteiger partial charge in [-0.2, -0.15) is 0 Å². The van der Waals surface area contributed by atoms with Gasteiger partial charge in [0.15, 0.2) is 0 Å². The number of nitrogens with two attached hydrogens (primary N) is 1. The molecule has 0 saturated carbocycles. The number of anilines is 2. The normalized spacial score (nSPS) is 31.0. The number of rotatable bonds is 5. The van der Waals surface area contributed by atoms with Crippen LogP contribution in [0.25, 0.3) is 0 Å². The first-order chi connectivity index (χ1) is 25.3. The quantitative estimate of drug-likeness (QED) is 0.217. The number of fused-ring (bicyclic) bond motifs is 5. The van der Waals surface area contributed by atoms with Gasteiger partial charge in [-0.15, -0.1) is 0 Å². The summed E-state index contributed by atoms with van der Waals surface area (Å²) in [6.45, 7) is 8.92. The first-order valence-electron chi connectivity index (χ1n) is 17.8. The number of nitrogens with zero attached hydrogens (tertiary/aromatic N) is 2. The van der Waals surface area contributed by atoms with Crippen molar-refractivity contribution >= 4 is 62.7 Å². The van der Waals surface area contributed by atoms with Gasteiger partial charge in [0.25, 0.3) is 5.91 Å². The Morgan fingerprint density at radius 1 is 1.20 bits per heavy atom. The minimum Gasteiger partial charge on any atom is -0.462 e. The van der Waals surface area contributed by atoms with Crippen molar-refractivity contribution in [3.63, 3.8) is 0 Å². The number of aliphatic hydroxyl groups is 1. The predicted molar refractivity (Wildman–Crippen MR) is 208 cm³/mol. The zero-order valence-corrected chi connectivity index (χ0v) is 34.2. The molecule has 0 aromatic heterocycles. The number of esters is 2. The maximum atomic E-state index is 14.2. The van der Waals surface area contributed by atoms with Gasteiger partial charge in [-0.1, -0.05) is 48.4 Å². The van der Waals surface area contributed by atoms with E-state index in [1.54, 1.807) is 44.3 Å². The zero-order chi connectivity index (χ0) is 39.9. The van der Waals surface area contributed by atoms with Crippen molar-refractivity contribution in [3.8, 4) is 0 Å². The van der Waals surface area contributed by atoms with Crippen LogP contribution in [0.15, 0.2) is 58.6 Å². The van der Waals surface area contributed by atoms with E-state index < -0.39 is 71.3 Å². The fraction of sp³-hybridized carbons (Fsp3) is 0.500. The highest BCUT2D eigenvalue weighted by Gasteiger charge is 2.64. The Morgan fingerprint density at radius 2 is 1.91 bits per heavy atom. The molecule has 8 atom stereocenters. The average molecular weight is 831 g/mol.